The monoisotopic (exact) mass is 259 g/mol. The van der Waals surface area contributed by atoms with Crippen LogP contribution < -0.4 is 0 Å². The van der Waals surface area contributed by atoms with E-state index in [1.54, 1.807) is 7.11 Å². The van der Waals surface area contributed by atoms with Gasteiger partial charge in [-0.15, -0.1) is 6.58 Å². The largest absolute Gasteiger partial charge is 0.398 e. The van der Waals surface area contributed by atoms with E-state index in [1.807, 2.05) is 6.08 Å². The normalized spacial score (nSPS) is 30.9. The number of rotatable bonds is 5. The fraction of sp³-hybridized carbons (Fsp3) is 0.833. The predicted octanol–water partition coefficient (Wildman–Crippen LogP) is 1.63. The third-order valence-electron chi connectivity index (χ3n) is 3.03. The van der Waals surface area contributed by atoms with Gasteiger partial charge in [0, 0.05) is 26.8 Å². The molecule has 0 aliphatic carbocycles. The molecule has 1 heterocycles. The standard InChI is InChI=1S/C12H25NO3Si/c1-5-7-13(2)10-12-11-15-8-6-9-17(4,14-3)16-12/h5,12H,1,6-11H2,2-4H3. The highest BCUT2D eigenvalue weighted by Gasteiger charge is 2.34. The Kier molecular flexibility index (Phi) is 6.36. The second-order valence-electron chi connectivity index (χ2n) is 4.77. The summed E-state index contributed by atoms with van der Waals surface area (Å²) in [7, 11) is 1.85. The van der Waals surface area contributed by atoms with E-state index >= 15 is 0 Å². The van der Waals surface area contributed by atoms with Crippen molar-refractivity contribution in [3.8, 4) is 0 Å². The topological polar surface area (TPSA) is 30.9 Å². The zero-order chi connectivity index (χ0) is 12.7. The highest BCUT2D eigenvalue weighted by molar-refractivity contribution is 6.66. The zero-order valence-corrected chi connectivity index (χ0v) is 12.3. The molecule has 0 aromatic rings. The SMILES string of the molecule is C=CCN(C)CC1COCCC[Si](C)(OC)O1. The average Bonchev–Trinajstić information content (AvgIpc) is 2.26. The summed E-state index contributed by atoms with van der Waals surface area (Å²) in [6.07, 6.45) is 3.04. The van der Waals surface area contributed by atoms with Gasteiger partial charge in [-0.3, -0.25) is 0 Å². The molecule has 0 amide bonds. The highest BCUT2D eigenvalue weighted by Crippen LogP contribution is 2.20. The Balaban J connectivity index is 2.52. The second kappa shape index (κ2) is 7.28. The molecule has 0 saturated carbocycles. The fourth-order valence-electron chi connectivity index (χ4n) is 2.04. The Morgan fingerprint density at radius 1 is 1.59 bits per heavy atom. The molecule has 5 heteroatoms. The van der Waals surface area contributed by atoms with E-state index in [4.69, 9.17) is 13.6 Å². The van der Waals surface area contributed by atoms with Crippen LogP contribution in [0.2, 0.25) is 12.6 Å². The molecule has 1 aliphatic rings. The van der Waals surface area contributed by atoms with E-state index in [9.17, 15) is 0 Å². The molecule has 0 spiro atoms. The van der Waals surface area contributed by atoms with Gasteiger partial charge in [0.25, 0.3) is 0 Å². The number of nitrogens with zero attached hydrogens (tertiary/aromatic N) is 1. The third-order valence-corrected chi connectivity index (χ3v) is 5.98. The van der Waals surface area contributed by atoms with Crippen molar-refractivity contribution >= 4 is 8.56 Å². The first-order valence-electron chi connectivity index (χ1n) is 6.20. The Labute approximate surface area is 106 Å². The molecular weight excluding hydrogens is 234 g/mol. The van der Waals surface area contributed by atoms with Crippen LogP contribution in [-0.2, 0) is 13.6 Å². The maximum atomic E-state index is 6.16. The first-order valence-corrected chi connectivity index (χ1v) is 8.72. The van der Waals surface area contributed by atoms with Crippen LogP contribution >= 0.6 is 0 Å². The summed E-state index contributed by atoms with van der Waals surface area (Å²) in [4.78, 5) is 2.19. The van der Waals surface area contributed by atoms with Crippen LogP contribution in [0.5, 0.6) is 0 Å². The molecule has 1 aliphatic heterocycles. The third kappa shape index (κ3) is 5.31. The highest BCUT2D eigenvalue weighted by atomic mass is 28.4. The molecule has 0 aromatic heterocycles. The van der Waals surface area contributed by atoms with Crippen molar-refractivity contribution in [2.45, 2.75) is 25.1 Å². The molecule has 0 bridgehead atoms. The lowest BCUT2D eigenvalue weighted by atomic mass is 10.3. The number of likely N-dealkylation sites (N-methyl/N-ethyl adjacent to an activating group) is 1. The minimum Gasteiger partial charge on any atom is -0.398 e. The average molecular weight is 259 g/mol. The van der Waals surface area contributed by atoms with Gasteiger partial charge in [-0.2, -0.15) is 0 Å². The summed E-state index contributed by atoms with van der Waals surface area (Å²) in [5, 5.41) is 0. The number of hydrogen-bond donors (Lipinski definition) is 0. The van der Waals surface area contributed by atoms with Crippen molar-refractivity contribution in [1.29, 1.82) is 0 Å². The van der Waals surface area contributed by atoms with E-state index in [2.05, 4.69) is 25.1 Å². The Hall–Kier alpha value is -0.203. The van der Waals surface area contributed by atoms with E-state index in [-0.39, 0.29) is 6.10 Å². The lowest BCUT2D eigenvalue weighted by Gasteiger charge is -2.34. The van der Waals surface area contributed by atoms with Crippen molar-refractivity contribution in [1.82, 2.24) is 4.90 Å². The molecule has 4 nitrogen and oxygen atoms in total. The molecule has 0 N–H and O–H groups in total. The molecule has 100 valence electrons. The first kappa shape index (κ1) is 14.9. The lowest BCUT2D eigenvalue weighted by Crippen LogP contribution is -2.47. The van der Waals surface area contributed by atoms with Crippen molar-refractivity contribution < 1.29 is 13.6 Å². The summed E-state index contributed by atoms with van der Waals surface area (Å²) in [6.45, 7) is 9.08. The smallest absolute Gasteiger partial charge is 0.335 e. The molecule has 1 fully saturated rings. The fourth-order valence-corrected chi connectivity index (χ4v) is 4.09. The van der Waals surface area contributed by atoms with Crippen LogP contribution in [0.1, 0.15) is 6.42 Å². The van der Waals surface area contributed by atoms with Gasteiger partial charge < -0.3 is 18.5 Å². The molecule has 0 radical (unpaired) electrons. The maximum absolute atomic E-state index is 6.16. The van der Waals surface area contributed by atoms with Gasteiger partial charge in [-0.1, -0.05) is 6.08 Å². The summed E-state index contributed by atoms with van der Waals surface area (Å²) in [5.74, 6) is 0. The first-order chi connectivity index (χ1) is 8.09. The number of hydrogen-bond acceptors (Lipinski definition) is 4. The van der Waals surface area contributed by atoms with Crippen LogP contribution in [0.15, 0.2) is 12.7 Å². The lowest BCUT2D eigenvalue weighted by molar-refractivity contribution is 0.00545. The Morgan fingerprint density at radius 3 is 3.00 bits per heavy atom. The van der Waals surface area contributed by atoms with Gasteiger partial charge in [-0.05, 0) is 26.1 Å². The van der Waals surface area contributed by atoms with Crippen molar-refractivity contribution in [2.75, 3.05) is 40.5 Å². The van der Waals surface area contributed by atoms with Gasteiger partial charge in [0.2, 0.25) is 0 Å². The van der Waals surface area contributed by atoms with Crippen LogP contribution in [0.3, 0.4) is 0 Å². The second-order valence-corrected chi connectivity index (χ2v) is 8.18. The molecular formula is C12H25NO3Si. The summed E-state index contributed by atoms with van der Waals surface area (Å²) < 4.78 is 17.4. The van der Waals surface area contributed by atoms with E-state index in [0.29, 0.717) is 6.61 Å². The van der Waals surface area contributed by atoms with Crippen LogP contribution in [0.4, 0.5) is 0 Å². The molecule has 1 rings (SSSR count). The predicted molar refractivity (Wildman–Crippen MR) is 71.4 cm³/mol. The van der Waals surface area contributed by atoms with Gasteiger partial charge in [0.05, 0.1) is 12.7 Å². The van der Waals surface area contributed by atoms with Crippen molar-refractivity contribution in [2.24, 2.45) is 0 Å². The van der Waals surface area contributed by atoms with E-state index < -0.39 is 8.56 Å². The van der Waals surface area contributed by atoms with Crippen molar-refractivity contribution in [3.63, 3.8) is 0 Å². The molecule has 2 atom stereocenters. The minimum absolute atomic E-state index is 0.108. The summed E-state index contributed by atoms with van der Waals surface area (Å²) in [5.41, 5.74) is 0. The molecule has 0 aromatic carbocycles. The summed E-state index contributed by atoms with van der Waals surface area (Å²) >= 11 is 0. The minimum atomic E-state index is -1.98. The molecule has 2 unspecified atom stereocenters. The van der Waals surface area contributed by atoms with Crippen LogP contribution in [-0.4, -0.2) is 60.0 Å². The zero-order valence-electron chi connectivity index (χ0n) is 11.3. The summed E-state index contributed by atoms with van der Waals surface area (Å²) in [6, 6.07) is 1.01. The van der Waals surface area contributed by atoms with Crippen LogP contribution in [0, 0.1) is 0 Å². The van der Waals surface area contributed by atoms with Gasteiger partial charge in [-0.25, -0.2) is 0 Å². The molecule has 1 saturated heterocycles. The maximum Gasteiger partial charge on any atom is 0.335 e. The van der Waals surface area contributed by atoms with E-state index in [1.165, 1.54) is 0 Å². The number of ether oxygens (including phenoxy) is 1. The van der Waals surface area contributed by atoms with Gasteiger partial charge >= 0.3 is 8.56 Å². The Bertz CT molecular complexity index is 240. The van der Waals surface area contributed by atoms with E-state index in [0.717, 1.165) is 32.2 Å². The Morgan fingerprint density at radius 2 is 2.35 bits per heavy atom. The molecule has 17 heavy (non-hydrogen) atoms. The van der Waals surface area contributed by atoms with Crippen molar-refractivity contribution in [3.05, 3.63) is 12.7 Å². The van der Waals surface area contributed by atoms with Crippen LogP contribution in [0.25, 0.3) is 0 Å². The van der Waals surface area contributed by atoms with Gasteiger partial charge in [0.15, 0.2) is 0 Å². The quantitative estimate of drug-likeness (QED) is 0.555. The van der Waals surface area contributed by atoms with Gasteiger partial charge in [0.1, 0.15) is 0 Å².